The molecule has 2 unspecified atom stereocenters. The molecule has 7 nitrogen and oxygen atoms in total. The van der Waals surface area contributed by atoms with Crippen molar-refractivity contribution in [3.8, 4) is 0 Å². The van der Waals surface area contributed by atoms with Crippen molar-refractivity contribution in [3.05, 3.63) is 102 Å². The maximum absolute atomic E-state index is 14.3. The van der Waals surface area contributed by atoms with Gasteiger partial charge in [-0.3, -0.25) is 14.6 Å². The molecule has 208 valence electrons. The van der Waals surface area contributed by atoms with Crippen molar-refractivity contribution in [3.63, 3.8) is 0 Å². The Balaban J connectivity index is 1.28. The van der Waals surface area contributed by atoms with Crippen LogP contribution in [-0.2, 0) is 19.7 Å². The lowest BCUT2D eigenvalue weighted by Crippen LogP contribution is -2.48. The number of sulfonamides is 1. The first-order valence-electron chi connectivity index (χ1n) is 14.2. The molecule has 2 saturated heterocycles. The number of hydrogen-bond acceptors (Lipinski definition) is 6. The van der Waals surface area contributed by atoms with Crippen LogP contribution in [0.1, 0.15) is 68.3 Å². The highest BCUT2D eigenvalue weighted by Gasteiger charge is 2.72. The number of benzene rings is 2. The predicted molar refractivity (Wildman–Crippen MR) is 151 cm³/mol. The average molecular weight is 558 g/mol. The highest BCUT2D eigenvalue weighted by molar-refractivity contribution is 7.90. The zero-order chi connectivity index (χ0) is 27.7. The number of aromatic nitrogens is 1. The number of hydrogen-bond donors (Lipinski definition) is 0. The highest BCUT2D eigenvalue weighted by Crippen LogP contribution is 2.70. The first kappa shape index (κ1) is 25.9. The quantitative estimate of drug-likeness (QED) is 0.425. The van der Waals surface area contributed by atoms with Crippen molar-refractivity contribution in [2.45, 2.75) is 63.8 Å². The van der Waals surface area contributed by atoms with Gasteiger partial charge in [0.25, 0.3) is 5.91 Å². The van der Waals surface area contributed by atoms with Crippen molar-refractivity contribution in [1.29, 1.82) is 0 Å². The van der Waals surface area contributed by atoms with Crippen molar-refractivity contribution < 1.29 is 18.0 Å². The van der Waals surface area contributed by atoms with E-state index in [1.54, 1.807) is 12.4 Å². The van der Waals surface area contributed by atoms with Gasteiger partial charge in [-0.1, -0.05) is 80.6 Å². The Labute approximate surface area is 236 Å². The van der Waals surface area contributed by atoms with E-state index in [-0.39, 0.29) is 34.7 Å². The molecule has 5 atom stereocenters. The fraction of sp³-hybridized carbons (Fsp3) is 0.438. The average Bonchev–Trinajstić information content (AvgIpc) is 3.62. The molecule has 2 aliphatic heterocycles. The molecule has 4 aliphatic rings. The summed E-state index contributed by atoms with van der Waals surface area (Å²) in [6, 6.07) is 23.2. The summed E-state index contributed by atoms with van der Waals surface area (Å²) in [6.07, 6.45) is 5.61. The summed E-state index contributed by atoms with van der Waals surface area (Å²) in [5.41, 5.74) is 2.50. The third-order valence-electron chi connectivity index (χ3n) is 10.5. The first-order valence-corrected chi connectivity index (χ1v) is 15.8. The van der Waals surface area contributed by atoms with Crippen LogP contribution in [0.25, 0.3) is 0 Å². The lowest BCUT2D eigenvalue weighted by Gasteiger charge is -2.37. The van der Waals surface area contributed by atoms with Gasteiger partial charge in [0.1, 0.15) is 0 Å². The summed E-state index contributed by atoms with van der Waals surface area (Å²) in [6.45, 7) is 4.40. The lowest BCUT2D eigenvalue weighted by atomic mass is 9.69. The molecule has 3 aromatic rings. The summed E-state index contributed by atoms with van der Waals surface area (Å²) in [4.78, 5) is 25.2. The normalized spacial score (nSPS) is 32.0. The Morgan fingerprint density at radius 2 is 1.65 bits per heavy atom. The van der Waals surface area contributed by atoms with E-state index in [1.165, 1.54) is 4.31 Å². The standard InChI is InChI=1S/C32H35N3O4S/c1-31(2)25-15-16-32(31)21-40(37,38)35(28(32)18-25)30(36)27-19-26(24-14-9-17-33-20-24)34(39-27)29(22-10-5-3-6-11-22)23-12-7-4-8-13-23/h3-14,17,20,25-29H,15-16,18-19,21H2,1-2H3/t25?,26-,27+,28+,32?/m1/s1. The van der Waals surface area contributed by atoms with Crippen LogP contribution in [0, 0.1) is 16.7 Å². The predicted octanol–water partition coefficient (Wildman–Crippen LogP) is 5.29. The molecule has 4 fully saturated rings. The third kappa shape index (κ3) is 3.72. The van der Waals surface area contributed by atoms with E-state index < -0.39 is 22.0 Å². The number of rotatable bonds is 5. The Morgan fingerprint density at radius 3 is 2.25 bits per heavy atom. The maximum Gasteiger partial charge on any atom is 0.267 e. The highest BCUT2D eigenvalue weighted by atomic mass is 32.2. The topological polar surface area (TPSA) is 79.8 Å². The number of carbonyl (C=O) groups is 1. The van der Waals surface area contributed by atoms with E-state index in [4.69, 9.17) is 4.84 Å². The first-order chi connectivity index (χ1) is 19.2. The second-order valence-corrected chi connectivity index (χ2v) is 14.3. The van der Waals surface area contributed by atoms with Crippen LogP contribution >= 0.6 is 0 Å². The minimum Gasteiger partial charge on any atom is -0.284 e. The molecule has 0 N–H and O–H groups in total. The van der Waals surface area contributed by atoms with E-state index in [9.17, 15) is 13.2 Å². The molecule has 8 heteroatoms. The van der Waals surface area contributed by atoms with Crippen molar-refractivity contribution in [1.82, 2.24) is 14.4 Å². The van der Waals surface area contributed by atoms with Crippen molar-refractivity contribution in [2.75, 3.05) is 5.75 Å². The monoisotopic (exact) mass is 557 g/mol. The van der Waals surface area contributed by atoms with Gasteiger partial charge in [-0.05, 0) is 53.4 Å². The second kappa shape index (κ2) is 9.23. The van der Waals surface area contributed by atoms with Crippen molar-refractivity contribution in [2.24, 2.45) is 16.7 Å². The van der Waals surface area contributed by atoms with Gasteiger partial charge in [0.2, 0.25) is 10.0 Å². The number of amides is 1. The molecule has 2 saturated carbocycles. The van der Waals surface area contributed by atoms with E-state index in [0.29, 0.717) is 12.3 Å². The van der Waals surface area contributed by atoms with Crippen LogP contribution in [0.5, 0.6) is 0 Å². The molecule has 40 heavy (non-hydrogen) atoms. The number of hydroxylamine groups is 2. The van der Waals surface area contributed by atoms with Crippen LogP contribution in [0.2, 0.25) is 0 Å². The summed E-state index contributed by atoms with van der Waals surface area (Å²) >= 11 is 0. The molecule has 1 spiro atoms. The van der Waals surface area contributed by atoms with Crippen LogP contribution in [-0.4, -0.2) is 46.6 Å². The van der Waals surface area contributed by atoms with Gasteiger partial charge in [0.15, 0.2) is 6.10 Å². The molecule has 7 rings (SSSR count). The van der Waals surface area contributed by atoms with E-state index >= 15 is 0 Å². The molecule has 2 aliphatic carbocycles. The SMILES string of the molecule is CC1(C)C2CCC13CS(=O)(=O)N(C(=O)[C@@H]1C[C@H](c4cccnc4)N(C(c4ccccc4)c4ccccc4)O1)[C@H]3C2. The Hall–Kier alpha value is -3.07. The zero-order valence-corrected chi connectivity index (χ0v) is 23.7. The molecule has 3 heterocycles. The molecule has 0 radical (unpaired) electrons. The van der Waals surface area contributed by atoms with E-state index in [2.05, 4.69) is 43.1 Å². The van der Waals surface area contributed by atoms with Crippen LogP contribution in [0.3, 0.4) is 0 Å². The van der Waals surface area contributed by atoms with E-state index in [0.717, 1.165) is 36.0 Å². The third-order valence-corrected chi connectivity index (χ3v) is 12.4. The second-order valence-electron chi connectivity index (χ2n) is 12.5. The Kier molecular flexibility index (Phi) is 5.97. The number of pyridine rings is 1. The Bertz CT molecular complexity index is 1480. The fourth-order valence-corrected chi connectivity index (χ4v) is 10.9. The van der Waals surface area contributed by atoms with Gasteiger partial charge in [0.05, 0.1) is 23.9 Å². The van der Waals surface area contributed by atoms with Crippen LogP contribution in [0.15, 0.2) is 85.2 Å². The summed E-state index contributed by atoms with van der Waals surface area (Å²) in [7, 11) is -3.75. The molecular weight excluding hydrogens is 522 g/mol. The largest absolute Gasteiger partial charge is 0.284 e. The maximum atomic E-state index is 14.3. The van der Waals surface area contributed by atoms with Gasteiger partial charge in [-0.2, -0.15) is 5.06 Å². The van der Waals surface area contributed by atoms with Gasteiger partial charge in [-0.15, -0.1) is 0 Å². The molecule has 1 amide bonds. The summed E-state index contributed by atoms with van der Waals surface area (Å²) in [5.74, 6) is 0.0634. The number of carbonyl (C=O) groups excluding carboxylic acids is 1. The number of fused-ring (bicyclic) bond motifs is 1. The van der Waals surface area contributed by atoms with Gasteiger partial charge >= 0.3 is 0 Å². The Morgan fingerprint density at radius 1 is 0.975 bits per heavy atom. The molecular formula is C32H35N3O4S. The molecule has 2 aromatic carbocycles. The van der Waals surface area contributed by atoms with Crippen LogP contribution in [0.4, 0.5) is 0 Å². The molecule has 1 aromatic heterocycles. The van der Waals surface area contributed by atoms with Crippen molar-refractivity contribution >= 4 is 15.9 Å². The minimum absolute atomic E-state index is 0.0546. The number of nitrogens with zero attached hydrogens (tertiary/aromatic N) is 3. The lowest BCUT2D eigenvalue weighted by molar-refractivity contribution is -0.193. The summed E-state index contributed by atoms with van der Waals surface area (Å²) in [5, 5.41) is 1.90. The van der Waals surface area contributed by atoms with E-state index in [1.807, 2.05) is 53.6 Å². The summed E-state index contributed by atoms with van der Waals surface area (Å²) < 4.78 is 28.6. The van der Waals surface area contributed by atoms with Gasteiger partial charge in [0, 0.05) is 24.2 Å². The smallest absolute Gasteiger partial charge is 0.267 e. The van der Waals surface area contributed by atoms with Gasteiger partial charge in [-0.25, -0.2) is 12.7 Å². The zero-order valence-electron chi connectivity index (χ0n) is 22.9. The van der Waals surface area contributed by atoms with Crippen LogP contribution < -0.4 is 0 Å². The van der Waals surface area contributed by atoms with Gasteiger partial charge < -0.3 is 0 Å². The molecule has 2 bridgehead atoms. The fourth-order valence-electron chi connectivity index (χ4n) is 8.29. The minimum atomic E-state index is -3.75.